The largest absolute Gasteiger partial charge is 0.503 e. The second kappa shape index (κ2) is 11.1. The van der Waals surface area contributed by atoms with E-state index in [0.29, 0.717) is 18.0 Å². The second-order valence-corrected chi connectivity index (χ2v) is 7.80. The first-order chi connectivity index (χ1) is 15.8. The molecular weight excluding hydrogens is 430 g/mol. The SMILES string of the molecule is CCOC(=O)c1c(O)c(O)c(C(=O)N(C)C)n1-c1ccc(OCCCN2CCOCC2)cc1. The van der Waals surface area contributed by atoms with Gasteiger partial charge < -0.3 is 29.3 Å². The second-order valence-electron chi connectivity index (χ2n) is 7.80. The molecule has 3 rings (SSSR count). The first-order valence-electron chi connectivity index (χ1n) is 10.9. The van der Waals surface area contributed by atoms with Gasteiger partial charge in [0, 0.05) is 39.4 Å². The predicted molar refractivity (Wildman–Crippen MR) is 120 cm³/mol. The standard InChI is InChI=1S/C23H31N3O7/c1-4-32-23(30)19-21(28)20(27)18(22(29)24(2)3)26(19)16-6-8-17(9-7-16)33-13-5-10-25-11-14-31-15-12-25/h6-9,27-28H,4-5,10-15H2,1-3H3. The van der Waals surface area contributed by atoms with Crippen molar-refractivity contribution in [3.05, 3.63) is 35.7 Å². The van der Waals surface area contributed by atoms with Gasteiger partial charge in [0.05, 0.1) is 26.4 Å². The summed E-state index contributed by atoms with van der Waals surface area (Å²) in [7, 11) is 3.02. The van der Waals surface area contributed by atoms with E-state index in [1.54, 1.807) is 31.2 Å². The number of aromatic nitrogens is 1. The van der Waals surface area contributed by atoms with Gasteiger partial charge in [0.25, 0.3) is 5.91 Å². The van der Waals surface area contributed by atoms with Crippen LogP contribution in [0.25, 0.3) is 5.69 Å². The van der Waals surface area contributed by atoms with Crippen LogP contribution < -0.4 is 4.74 Å². The normalized spacial score (nSPS) is 14.2. The fourth-order valence-electron chi connectivity index (χ4n) is 3.60. The van der Waals surface area contributed by atoms with Crippen molar-refractivity contribution in [3.63, 3.8) is 0 Å². The average molecular weight is 462 g/mol. The van der Waals surface area contributed by atoms with E-state index in [1.807, 2.05) is 0 Å². The fourth-order valence-corrected chi connectivity index (χ4v) is 3.60. The highest BCUT2D eigenvalue weighted by Gasteiger charge is 2.33. The molecule has 180 valence electrons. The number of rotatable bonds is 9. The summed E-state index contributed by atoms with van der Waals surface area (Å²) in [5.74, 6) is -2.20. The minimum Gasteiger partial charge on any atom is -0.503 e. The molecule has 1 saturated heterocycles. The molecule has 0 saturated carbocycles. The monoisotopic (exact) mass is 461 g/mol. The molecule has 33 heavy (non-hydrogen) atoms. The van der Waals surface area contributed by atoms with Crippen molar-refractivity contribution in [3.8, 4) is 22.9 Å². The molecule has 0 bridgehead atoms. The first-order valence-corrected chi connectivity index (χ1v) is 10.9. The van der Waals surface area contributed by atoms with Gasteiger partial charge in [-0.2, -0.15) is 0 Å². The molecule has 1 amide bonds. The molecule has 2 heterocycles. The summed E-state index contributed by atoms with van der Waals surface area (Å²) in [6.45, 7) is 6.56. The molecule has 1 aromatic heterocycles. The Bertz CT molecular complexity index is 963. The van der Waals surface area contributed by atoms with Gasteiger partial charge in [-0.25, -0.2) is 4.79 Å². The summed E-state index contributed by atoms with van der Waals surface area (Å²) in [4.78, 5) is 28.8. The zero-order chi connectivity index (χ0) is 24.0. The van der Waals surface area contributed by atoms with E-state index in [-0.39, 0.29) is 18.0 Å². The Morgan fingerprint density at radius 3 is 2.30 bits per heavy atom. The lowest BCUT2D eigenvalue weighted by Gasteiger charge is -2.26. The minimum atomic E-state index is -0.855. The quantitative estimate of drug-likeness (QED) is 0.430. The maximum absolute atomic E-state index is 12.7. The van der Waals surface area contributed by atoms with Crippen molar-refractivity contribution in [2.45, 2.75) is 13.3 Å². The van der Waals surface area contributed by atoms with Crippen molar-refractivity contribution < 1.29 is 34.0 Å². The first kappa shape index (κ1) is 24.4. The summed E-state index contributed by atoms with van der Waals surface area (Å²) in [6, 6.07) is 6.70. The Balaban J connectivity index is 1.80. The third-order valence-electron chi connectivity index (χ3n) is 5.28. The number of amides is 1. The van der Waals surface area contributed by atoms with Gasteiger partial charge in [0.15, 0.2) is 22.9 Å². The van der Waals surface area contributed by atoms with Crippen LogP contribution in [0.4, 0.5) is 0 Å². The highest BCUT2D eigenvalue weighted by Crippen LogP contribution is 2.39. The van der Waals surface area contributed by atoms with E-state index in [1.165, 1.54) is 23.6 Å². The van der Waals surface area contributed by atoms with Crippen LogP contribution in [0.5, 0.6) is 17.2 Å². The van der Waals surface area contributed by atoms with Crippen molar-refractivity contribution >= 4 is 11.9 Å². The molecule has 0 radical (unpaired) electrons. The van der Waals surface area contributed by atoms with Gasteiger partial charge in [-0.1, -0.05) is 0 Å². The summed E-state index contributed by atoms with van der Waals surface area (Å²) in [5, 5.41) is 20.9. The third-order valence-corrected chi connectivity index (χ3v) is 5.28. The molecule has 10 nitrogen and oxygen atoms in total. The van der Waals surface area contributed by atoms with Crippen LogP contribution in [0.2, 0.25) is 0 Å². The van der Waals surface area contributed by atoms with Crippen LogP contribution in [0.15, 0.2) is 24.3 Å². The number of hydrogen-bond donors (Lipinski definition) is 2. The van der Waals surface area contributed by atoms with E-state index in [9.17, 15) is 19.8 Å². The topological polar surface area (TPSA) is 114 Å². The van der Waals surface area contributed by atoms with Crippen LogP contribution >= 0.6 is 0 Å². The maximum Gasteiger partial charge on any atom is 0.359 e. The molecular formula is C23H31N3O7. The summed E-state index contributed by atoms with van der Waals surface area (Å²) in [6.07, 6.45) is 0.871. The van der Waals surface area contributed by atoms with Crippen molar-refractivity contribution in [1.29, 1.82) is 0 Å². The number of benzene rings is 1. The smallest absolute Gasteiger partial charge is 0.359 e. The molecule has 2 aromatic rings. The Hall–Kier alpha value is -3.24. The summed E-state index contributed by atoms with van der Waals surface area (Å²) in [5.41, 5.74) is -0.169. The molecule has 10 heteroatoms. The van der Waals surface area contributed by atoms with Gasteiger partial charge in [0.2, 0.25) is 0 Å². The van der Waals surface area contributed by atoms with Gasteiger partial charge in [-0.3, -0.25) is 14.3 Å². The Kier molecular flexibility index (Phi) is 8.18. The number of morpholine rings is 1. The predicted octanol–water partition coefficient (Wildman–Crippen LogP) is 1.87. The summed E-state index contributed by atoms with van der Waals surface area (Å²) >= 11 is 0. The number of carbonyl (C=O) groups excluding carboxylic acids is 2. The summed E-state index contributed by atoms with van der Waals surface area (Å²) < 4.78 is 17.4. The Labute approximate surface area is 192 Å². The van der Waals surface area contributed by atoms with E-state index in [2.05, 4.69) is 4.90 Å². The Morgan fingerprint density at radius 2 is 1.70 bits per heavy atom. The van der Waals surface area contributed by atoms with E-state index >= 15 is 0 Å². The van der Waals surface area contributed by atoms with Crippen molar-refractivity contribution in [2.75, 3.05) is 60.2 Å². The van der Waals surface area contributed by atoms with E-state index < -0.39 is 23.4 Å². The van der Waals surface area contributed by atoms with E-state index in [0.717, 1.165) is 39.3 Å². The zero-order valence-electron chi connectivity index (χ0n) is 19.2. The zero-order valence-corrected chi connectivity index (χ0v) is 19.2. The molecule has 2 N–H and O–H groups in total. The number of carbonyl (C=O) groups is 2. The average Bonchev–Trinajstić information content (AvgIpc) is 3.08. The van der Waals surface area contributed by atoms with Gasteiger partial charge in [-0.15, -0.1) is 0 Å². The molecule has 0 spiro atoms. The fraction of sp³-hybridized carbons (Fsp3) is 0.478. The lowest BCUT2D eigenvalue weighted by Crippen LogP contribution is -2.37. The van der Waals surface area contributed by atoms with Crippen LogP contribution in [0.1, 0.15) is 34.3 Å². The highest BCUT2D eigenvalue weighted by molar-refractivity contribution is 6.02. The van der Waals surface area contributed by atoms with Crippen molar-refractivity contribution in [2.24, 2.45) is 0 Å². The van der Waals surface area contributed by atoms with Crippen molar-refractivity contribution in [1.82, 2.24) is 14.4 Å². The van der Waals surface area contributed by atoms with Crippen LogP contribution in [0, 0.1) is 0 Å². The number of hydrogen-bond acceptors (Lipinski definition) is 8. The molecule has 1 aromatic carbocycles. The van der Waals surface area contributed by atoms with Gasteiger partial charge >= 0.3 is 5.97 Å². The van der Waals surface area contributed by atoms with Crippen LogP contribution in [-0.4, -0.2) is 96.6 Å². The molecule has 0 aliphatic carbocycles. The van der Waals surface area contributed by atoms with Gasteiger partial charge in [0.1, 0.15) is 5.75 Å². The highest BCUT2D eigenvalue weighted by atomic mass is 16.5. The lowest BCUT2D eigenvalue weighted by molar-refractivity contribution is 0.0358. The number of ether oxygens (including phenoxy) is 3. The maximum atomic E-state index is 12.7. The molecule has 1 fully saturated rings. The molecule has 0 unspecified atom stereocenters. The number of aromatic hydroxyl groups is 2. The lowest BCUT2D eigenvalue weighted by atomic mass is 10.2. The minimum absolute atomic E-state index is 0.0679. The van der Waals surface area contributed by atoms with Crippen LogP contribution in [0.3, 0.4) is 0 Å². The third kappa shape index (κ3) is 5.58. The molecule has 1 aliphatic heterocycles. The molecule has 1 aliphatic rings. The number of esters is 1. The Morgan fingerprint density at radius 1 is 1.06 bits per heavy atom. The van der Waals surface area contributed by atoms with E-state index in [4.69, 9.17) is 14.2 Å². The number of nitrogens with zero attached hydrogens (tertiary/aromatic N) is 3. The molecule has 0 atom stereocenters. The van der Waals surface area contributed by atoms with Crippen LogP contribution in [-0.2, 0) is 9.47 Å². The van der Waals surface area contributed by atoms with Gasteiger partial charge in [-0.05, 0) is 37.6 Å².